The van der Waals surface area contributed by atoms with Gasteiger partial charge in [0, 0.05) is 25.0 Å². The van der Waals surface area contributed by atoms with Crippen molar-refractivity contribution >= 4 is 23.3 Å². The first kappa shape index (κ1) is 11.6. The fourth-order valence-electron chi connectivity index (χ4n) is 2.29. The van der Waals surface area contributed by atoms with E-state index in [1.807, 2.05) is 5.41 Å². The molecule has 4 nitrogen and oxygen atoms in total. The van der Waals surface area contributed by atoms with Crippen molar-refractivity contribution in [2.24, 2.45) is 5.92 Å². The van der Waals surface area contributed by atoms with Gasteiger partial charge in [0.25, 0.3) is 0 Å². The molecule has 1 aliphatic carbocycles. The number of thioether (sulfide) groups is 1. The van der Waals surface area contributed by atoms with Crippen LogP contribution < -0.4 is 0 Å². The van der Waals surface area contributed by atoms with Crippen molar-refractivity contribution in [2.45, 2.75) is 24.0 Å². The molecule has 0 amide bonds. The number of carbonyl (C=O) groups is 2. The predicted molar refractivity (Wildman–Crippen MR) is 68.2 cm³/mol. The highest BCUT2D eigenvalue weighted by atomic mass is 32.2. The molecule has 0 radical (unpaired) electrons. The Labute approximate surface area is 109 Å². The lowest BCUT2D eigenvalue weighted by Crippen LogP contribution is -2.20. The van der Waals surface area contributed by atoms with Gasteiger partial charge in [0.15, 0.2) is 5.78 Å². The maximum Gasteiger partial charge on any atom is 0.181 e. The van der Waals surface area contributed by atoms with Crippen LogP contribution in [0, 0.1) is 5.92 Å². The summed E-state index contributed by atoms with van der Waals surface area (Å²) in [6.07, 6.45) is 6.47. The lowest BCUT2D eigenvalue weighted by molar-refractivity contribution is -0.119. The average molecular weight is 260 g/mol. The number of carbonyl (C=O) groups excluding carboxylic acids is 2. The van der Waals surface area contributed by atoms with E-state index in [0.717, 1.165) is 6.42 Å². The molecule has 1 aromatic heterocycles. The van der Waals surface area contributed by atoms with Crippen molar-refractivity contribution in [2.75, 3.05) is 0 Å². The maximum atomic E-state index is 12.1. The van der Waals surface area contributed by atoms with Crippen LogP contribution in [0.4, 0.5) is 0 Å². The van der Waals surface area contributed by atoms with Crippen LogP contribution in [0.15, 0.2) is 30.1 Å². The summed E-state index contributed by atoms with van der Waals surface area (Å²) in [5.74, 6) is 0.518. The number of allylic oxidation sites excluding steroid dienone is 1. The van der Waals surface area contributed by atoms with Crippen molar-refractivity contribution in [1.82, 2.24) is 9.97 Å². The average Bonchev–Trinajstić information content (AvgIpc) is 2.99. The number of Topliss-reactive ketones (excluding diaryl/α,β-unsaturated/α-hetero) is 2. The largest absolute Gasteiger partial charge is 0.298 e. The molecule has 18 heavy (non-hydrogen) atoms. The van der Waals surface area contributed by atoms with Gasteiger partial charge >= 0.3 is 0 Å². The molecule has 2 heterocycles. The second kappa shape index (κ2) is 4.31. The van der Waals surface area contributed by atoms with Gasteiger partial charge in [-0.15, -0.1) is 11.8 Å². The minimum absolute atomic E-state index is 0.0877. The number of nitrogens with zero attached hydrogens (tertiary/aromatic N) is 2. The third kappa shape index (κ3) is 1.88. The van der Waals surface area contributed by atoms with Gasteiger partial charge in [0.1, 0.15) is 17.8 Å². The molecule has 1 saturated carbocycles. The third-order valence-electron chi connectivity index (χ3n) is 3.47. The third-order valence-corrected chi connectivity index (χ3v) is 4.88. The number of ketones is 2. The molecule has 0 aromatic carbocycles. The van der Waals surface area contributed by atoms with E-state index in [-0.39, 0.29) is 22.7 Å². The predicted octanol–water partition coefficient (Wildman–Crippen LogP) is 2.03. The molecule has 2 unspecified atom stereocenters. The maximum absolute atomic E-state index is 12.1. The molecule has 3 rings (SSSR count). The number of fused-ring (bicyclic) bond motifs is 1. The van der Waals surface area contributed by atoms with Crippen LogP contribution in [0.25, 0.3) is 0 Å². The zero-order valence-corrected chi connectivity index (χ0v) is 10.5. The van der Waals surface area contributed by atoms with Gasteiger partial charge in [-0.05, 0) is 17.9 Å². The summed E-state index contributed by atoms with van der Waals surface area (Å²) in [7, 11) is 0. The van der Waals surface area contributed by atoms with Crippen LogP contribution in [0.3, 0.4) is 0 Å². The van der Waals surface area contributed by atoms with Gasteiger partial charge in [-0.25, -0.2) is 9.97 Å². The fraction of sp³-hybridized carbons (Fsp3) is 0.385. The summed E-state index contributed by atoms with van der Waals surface area (Å²) in [6.45, 7) is 0. The topological polar surface area (TPSA) is 59.9 Å². The van der Waals surface area contributed by atoms with E-state index in [0.29, 0.717) is 18.0 Å². The molecule has 2 atom stereocenters. The quantitative estimate of drug-likeness (QED) is 0.758. The Morgan fingerprint density at radius 2 is 2.33 bits per heavy atom. The second-order valence-electron chi connectivity index (χ2n) is 4.59. The molecule has 5 heteroatoms. The lowest BCUT2D eigenvalue weighted by atomic mass is 10.1. The fourth-order valence-corrected chi connectivity index (χ4v) is 3.56. The van der Waals surface area contributed by atoms with Crippen LogP contribution in [-0.2, 0) is 4.79 Å². The van der Waals surface area contributed by atoms with E-state index in [1.54, 1.807) is 17.8 Å². The van der Waals surface area contributed by atoms with E-state index < -0.39 is 0 Å². The summed E-state index contributed by atoms with van der Waals surface area (Å²) in [4.78, 5) is 31.6. The first-order valence-corrected chi connectivity index (χ1v) is 6.77. The molecule has 1 aromatic rings. The van der Waals surface area contributed by atoms with Gasteiger partial charge in [0.05, 0.1) is 4.75 Å². The Morgan fingerprint density at radius 3 is 2.94 bits per heavy atom. The van der Waals surface area contributed by atoms with Crippen molar-refractivity contribution in [1.29, 1.82) is 0 Å². The Bertz CT molecular complexity index is 529. The number of aromatic nitrogens is 2. The van der Waals surface area contributed by atoms with Gasteiger partial charge in [0.2, 0.25) is 0 Å². The van der Waals surface area contributed by atoms with E-state index in [1.165, 1.54) is 12.5 Å². The molecular weight excluding hydrogens is 248 g/mol. The highest BCUT2D eigenvalue weighted by Gasteiger charge is 2.60. The summed E-state index contributed by atoms with van der Waals surface area (Å²) in [5, 5.41) is 2.00. The highest BCUT2D eigenvalue weighted by Crippen LogP contribution is 2.61. The molecule has 1 aliphatic heterocycles. The van der Waals surface area contributed by atoms with Crippen molar-refractivity contribution in [3.63, 3.8) is 0 Å². The molecule has 0 bridgehead atoms. The zero-order chi connectivity index (χ0) is 12.6. The normalized spacial score (nSPS) is 27.9. The second-order valence-corrected chi connectivity index (χ2v) is 5.82. The van der Waals surface area contributed by atoms with Crippen LogP contribution in [0.2, 0.25) is 0 Å². The molecule has 0 saturated heterocycles. The Hall–Kier alpha value is -1.49. The minimum atomic E-state index is -0.216. The number of hydrogen-bond donors (Lipinski definition) is 0. The van der Waals surface area contributed by atoms with E-state index in [4.69, 9.17) is 0 Å². The Balaban J connectivity index is 1.56. The summed E-state index contributed by atoms with van der Waals surface area (Å²) < 4.78 is -0.216. The monoisotopic (exact) mass is 260 g/mol. The minimum Gasteiger partial charge on any atom is -0.298 e. The standard InChI is InChI=1S/C13H12N2O2S/c16-11(10-3-5-14-8-15-10)1-2-12(17)13-7-9(13)4-6-18-13/h3-6,8-9H,1-2,7H2. The van der Waals surface area contributed by atoms with E-state index >= 15 is 0 Å². The molecule has 92 valence electrons. The number of rotatable bonds is 5. The lowest BCUT2D eigenvalue weighted by Gasteiger charge is -2.08. The first-order valence-electron chi connectivity index (χ1n) is 5.89. The highest BCUT2D eigenvalue weighted by molar-refractivity contribution is 8.04. The molecule has 0 spiro atoms. The van der Waals surface area contributed by atoms with Gasteiger partial charge < -0.3 is 0 Å². The van der Waals surface area contributed by atoms with E-state index in [9.17, 15) is 9.59 Å². The van der Waals surface area contributed by atoms with Gasteiger partial charge in [-0.2, -0.15) is 0 Å². The van der Waals surface area contributed by atoms with E-state index in [2.05, 4.69) is 16.0 Å². The van der Waals surface area contributed by atoms with Crippen LogP contribution in [-0.4, -0.2) is 26.3 Å². The summed E-state index contributed by atoms with van der Waals surface area (Å²) >= 11 is 1.61. The summed E-state index contributed by atoms with van der Waals surface area (Å²) in [6, 6.07) is 1.58. The Kier molecular flexibility index (Phi) is 2.78. The SMILES string of the molecule is O=C(CCC(=O)C12CC1C=CS2)c1ccncn1. The van der Waals surface area contributed by atoms with Crippen LogP contribution in [0.1, 0.15) is 29.8 Å². The van der Waals surface area contributed by atoms with Crippen molar-refractivity contribution in [3.05, 3.63) is 35.8 Å². The van der Waals surface area contributed by atoms with Crippen LogP contribution >= 0.6 is 11.8 Å². The molecule has 1 fully saturated rings. The molecular formula is C13H12N2O2S. The van der Waals surface area contributed by atoms with Crippen LogP contribution in [0.5, 0.6) is 0 Å². The van der Waals surface area contributed by atoms with Gasteiger partial charge in [-0.3, -0.25) is 9.59 Å². The van der Waals surface area contributed by atoms with Crippen molar-refractivity contribution < 1.29 is 9.59 Å². The molecule has 0 N–H and O–H groups in total. The van der Waals surface area contributed by atoms with Crippen molar-refractivity contribution in [3.8, 4) is 0 Å². The van der Waals surface area contributed by atoms with Gasteiger partial charge in [-0.1, -0.05) is 6.08 Å². The smallest absolute Gasteiger partial charge is 0.181 e. The molecule has 2 aliphatic rings. The number of hydrogen-bond acceptors (Lipinski definition) is 5. The Morgan fingerprint density at radius 1 is 1.44 bits per heavy atom. The zero-order valence-electron chi connectivity index (χ0n) is 9.70. The summed E-state index contributed by atoms with van der Waals surface area (Å²) in [5.41, 5.74) is 0.389. The first-order chi connectivity index (χ1) is 8.72.